The molecule has 1 aliphatic carbocycles. The lowest BCUT2D eigenvalue weighted by Gasteiger charge is -2.42. The number of benzene rings is 2. The van der Waals surface area contributed by atoms with E-state index in [1.807, 2.05) is 13.0 Å². The summed E-state index contributed by atoms with van der Waals surface area (Å²) in [4.78, 5) is 23.8. The zero-order chi connectivity index (χ0) is 23.0. The highest BCUT2D eigenvalue weighted by molar-refractivity contribution is 6.06. The number of aromatic nitrogens is 2. The maximum absolute atomic E-state index is 12.9. The molecule has 6 nitrogen and oxygen atoms in total. The van der Waals surface area contributed by atoms with E-state index in [1.165, 1.54) is 12.1 Å². The molecule has 0 aliphatic heterocycles. The molecule has 2 aromatic carbocycles. The molecule has 0 spiro atoms. The van der Waals surface area contributed by atoms with Crippen molar-refractivity contribution >= 4 is 22.8 Å². The van der Waals surface area contributed by atoms with Gasteiger partial charge in [-0.25, -0.2) is 0 Å². The first kappa shape index (κ1) is 21.9. The molecular weight excluding hydrogens is 423 g/mol. The van der Waals surface area contributed by atoms with Gasteiger partial charge in [-0.15, -0.1) is 0 Å². The van der Waals surface area contributed by atoms with Crippen LogP contribution in [0.3, 0.4) is 0 Å². The Morgan fingerprint density at radius 3 is 2.53 bits per heavy atom. The van der Waals surface area contributed by atoms with E-state index >= 15 is 0 Å². The average molecular weight is 445 g/mol. The molecule has 3 atom stereocenters. The molecule has 1 aliphatic rings. The van der Waals surface area contributed by atoms with Gasteiger partial charge in [0.25, 0.3) is 5.91 Å². The molecular formula is C23H22F3N3O3. The van der Waals surface area contributed by atoms with Crippen molar-refractivity contribution < 1.29 is 27.9 Å². The Balaban J connectivity index is 1.53. The van der Waals surface area contributed by atoms with Crippen LogP contribution in [0.4, 0.5) is 13.2 Å². The second kappa shape index (κ2) is 8.29. The Hall–Kier alpha value is -3.36. The van der Waals surface area contributed by atoms with Crippen LogP contribution in [0.15, 0.2) is 42.5 Å². The van der Waals surface area contributed by atoms with E-state index in [1.54, 1.807) is 12.1 Å². The number of halogens is 3. The zero-order valence-corrected chi connectivity index (χ0v) is 17.2. The van der Waals surface area contributed by atoms with Gasteiger partial charge in [0.2, 0.25) is 0 Å². The highest BCUT2D eigenvalue weighted by Gasteiger charge is 2.40. The summed E-state index contributed by atoms with van der Waals surface area (Å²) in [5, 5.41) is 19.5. The molecule has 4 rings (SSSR count). The van der Waals surface area contributed by atoms with E-state index in [0.29, 0.717) is 29.3 Å². The van der Waals surface area contributed by atoms with Crippen molar-refractivity contribution in [2.45, 2.75) is 38.4 Å². The molecule has 3 N–H and O–H groups in total. The molecule has 1 amide bonds. The fraction of sp³-hybridized carbons (Fsp3) is 0.348. The number of carboxylic acid groups (broad SMARTS) is 1. The quantitative estimate of drug-likeness (QED) is 0.524. The van der Waals surface area contributed by atoms with Gasteiger partial charge in [0, 0.05) is 17.8 Å². The summed E-state index contributed by atoms with van der Waals surface area (Å²) in [6.45, 7) is 1.92. The fourth-order valence-corrected chi connectivity index (χ4v) is 4.30. The Bertz CT molecular complexity index is 1150. The van der Waals surface area contributed by atoms with Gasteiger partial charge in [-0.1, -0.05) is 31.2 Å². The number of amides is 1. The van der Waals surface area contributed by atoms with Crippen LogP contribution in [0.1, 0.15) is 46.9 Å². The molecule has 1 fully saturated rings. The van der Waals surface area contributed by atoms with Gasteiger partial charge in [0.05, 0.1) is 11.1 Å². The maximum atomic E-state index is 12.9. The topological polar surface area (TPSA) is 95.1 Å². The number of alkyl halides is 3. The van der Waals surface area contributed by atoms with Gasteiger partial charge in [-0.05, 0) is 54.0 Å². The summed E-state index contributed by atoms with van der Waals surface area (Å²) in [5.74, 6) is -1.13. The molecule has 1 aromatic heterocycles. The maximum Gasteiger partial charge on any atom is 0.416 e. The molecule has 0 saturated heterocycles. The Morgan fingerprint density at radius 2 is 1.91 bits per heavy atom. The van der Waals surface area contributed by atoms with Crippen molar-refractivity contribution in [3.8, 4) is 0 Å². The van der Waals surface area contributed by atoms with Crippen LogP contribution in [-0.4, -0.2) is 33.2 Å². The highest BCUT2D eigenvalue weighted by atomic mass is 19.4. The zero-order valence-electron chi connectivity index (χ0n) is 17.2. The second-order valence-corrected chi connectivity index (χ2v) is 8.32. The van der Waals surface area contributed by atoms with E-state index < -0.39 is 17.7 Å². The van der Waals surface area contributed by atoms with Gasteiger partial charge in [0.15, 0.2) is 5.69 Å². The third-order valence-corrected chi connectivity index (χ3v) is 6.25. The molecule has 168 valence electrons. The number of hydrogen-bond donors (Lipinski definition) is 3. The van der Waals surface area contributed by atoms with E-state index in [-0.39, 0.29) is 35.9 Å². The number of fused-ring (bicyclic) bond motifs is 1. The van der Waals surface area contributed by atoms with Crippen LogP contribution in [0.5, 0.6) is 0 Å². The summed E-state index contributed by atoms with van der Waals surface area (Å²) in [7, 11) is 0. The first-order chi connectivity index (χ1) is 15.1. The Morgan fingerprint density at radius 1 is 1.19 bits per heavy atom. The third-order valence-electron chi connectivity index (χ3n) is 6.25. The van der Waals surface area contributed by atoms with Crippen LogP contribution < -0.4 is 5.32 Å². The number of carboxylic acids is 1. The second-order valence-electron chi connectivity index (χ2n) is 8.32. The van der Waals surface area contributed by atoms with Crippen molar-refractivity contribution in [1.82, 2.24) is 15.5 Å². The Labute approximate surface area is 181 Å². The SMILES string of the molecule is CC1C(CC(=O)O)CC1NC(=O)c1n[nH]c2cccc(Cc3ccc(C(F)(F)F)cc3)c12. The average Bonchev–Trinajstić information content (AvgIpc) is 3.17. The van der Waals surface area contributed by atoms with Crippen LogP contribution >= 0.6 is 0 Å². The monoisotopic (exact) mass is 445 g/mol. The largest absolute Gasteiger partial charge is 0.481 e. The van der Waals surface area contributed by atoms with Gasteiger partial charge >= 0.3 is 12.1 Å². The van der Waals surface area contributed by atoms with Crippen LogP contribution in [0.25, 0.3) is 10.9 Å². The lowest BCUT2D eigenvalue weighted by molar-refractivity contribution is -0.140. The number of hydrogen-bond acceptors (Lipinski definition) is 3. The van der Waals surface area contributed by atoms with Crippen LogP contribution in [0, 0.1) is 11.8 Å². The third kappa shape index (κ3) is 4.32. The molecule has 1 saturated carbocycles. The van der Waals surface area contributed by atoms with Crippen LogP contribution in [0.2, 0.25) is 0 Å². The van der Waals surface area contributed by atoms with E-state index in [0.717, 1.165) is 17.7 Å². The van der Waals surface area contributed by atoms with E-state index in [2.05, 4.69) is 15.5 Å². The van der Waals surface area contributed by atoms with Gasteiger partial charge < -0.3 is 10.4 Å². The summed E-state index contributed by atoms with van der Waals surface area (Å²) >= 11 is 0. The van der Waals surface area contributed by atoms with Crippen molar-refractivity contribution in [2.24, 2.45) is 11.8 Å². The van der Waals surface area contributed by atoms with Gasteiger partial charge in [-0.2, -0.15) is 18.3 Å². The van der Waals surface area contributed by atoms with Crippen molar-refractivity contribution in [1.29, 1.82) is 0 Å². The standard InChI is InChI=1S/C23H22F3N3O3/c1-12-15(11-19(30)31)10-18(12)27-22(32)21-20-14(3-2-4-17(20)28-29-21)9-13-5-7-16(8-6-13)23(24,25)26/h2-8,12,15,18H,9-11H2,1H3,(H,27,32)(H,28,29)(H,30,31). The summed E-state index contributed by atoms with van der Waals surface area (Å²) in [6.07, 6.45) is -3.37. The Kier molecular flexibility index (Phi) is 5.66. The minimum absolute atomic E-state index is 0.0314. The van der Waals surface area contributed by atoms with E-state index in [9.17, 15) is 22.8 Å². The summed E-state index contributed by atoms with van der Waals surface area (Å²) in [6, 6.07) is 10.2. The van der Waals surface area contributed by atoms with E-state index in [4.69, 9.17) is 5.11 Å². The van der Waals surface area contributed by atoms with Gasteiger partial charge in [0.1, 0.15) is 0 Å². The number of carbonyl (C=O) groups is 2. The van der Waals surface area contributed by atoms with Crippen molar-refractivity contribution in [2.75, 3.05) is 0 Å². The van der Waals surface area contributed by atoms with Crippen molar-refractivity contribution in [3.05, 3.63) is 64.8 Å². The number of H-pyrrole nitrogens is 1. The molecule has 0 bridgehead atoms. The van der Waals surface area contributed by atoms with Crippen molar-refractivity contribution in [3.63, 3.8) is 0 Å². The van der Waals surface area contributed by atoms with Gasteiger partial charge in [-0.3, -0.25) is 14.7 Å². The smallest absolute Gasteiger partial charge is 0.416 e. The first-order valence-corrected chi connectivity index (χ1v) is 10.3. The lowest BCUT2D eigenvalue weighted by atomic mass is 9.68. The number of aromatic amines is 1. The molecule has 0 radical (unpaired) electrons. The lowest BCUT2D eigenvalue weighted by Crippen LogP contribution is -2.51. The van der Waals surface area contributed by atoms with Crippen LogP contribution in [-0.2, 0) is 17.4 Å². The number of carbonyl (C=O) groups excluding carboxylic acids is 1. The molecule has 1 heterocycles. The predicted molar refractivity (Wildman–Crippen MR) is 111 cm³/mol. The minimum atomic E-state index is -4.39. The molecule has 32 heavy (non-hydrogen) atoms. The number of nitrogens with one attached hydrogen (secondary N) is 2. The predicted octanol–water partition coefficient (Wildman–Crippen LogP) is 4.40. The molecule has 9 heteroatoms. The number of nitrogens with zero attached hydrogens (tertiary/aromatic N) is 1. The summed E-state index contributed by atoms with van der Waals surface area (Å²) < 4.78 is 38.5. The number of aliphatic carboxylic acids is 1. The highest BCUT2D eigenvalue weighted by Crippen LogP contribution is 2.37. The number of rotatable bonds is 6. The normalized spacial score (nSPS) is 20.7. The minimum Gasteiger partial charge on any atom is -0.481 e. The fourth-order valence-electron chi connectivity index (χ4n) is 4.30. The molecule has 3 unspecified atom stereocenters. The summed E-state index contributed by atoms with van der Waals surface area (Å²) in [5.41, 5.74) is 1.62. The molecule has 3 aromatic rings. The first-order valence-electron chi connectivity index (χ1n) is 10.3.